The first-order valence-corrected chi connectivity index (χ1v) is 7.29. The highest BCUT2D eigenvalue weighted by atomic mass is 32.1. The van der Waals surface area contributed by atoms with E-state index in [9.17, 15) is 0 Å². The highest BCUT2D eigenvalue weighted by Crippen LogP contribution is 2.22. The van der Waals surface area contributed by atoms with Gasteiger partial charge in [0.15, 0.2) is 5.11 Å². The molecule has 116 valence electrons. The van der Waals surface area contributed by atoms with E-state index in [0.29, 0.717) is 16.4 Å². The van der Waals surface area contributed by atoms with Crippen LogP contribution >= 0.6 is 12.2 Å². The van der Waals surface area contributed by atoms with Crippen molar-refractivity contribution in [2.24, 2.45) is 5.10 Å². The number of benzene rings is 2. The molecule has 0 atom stereocenters. The summed E-state index contributed by atoms with van der Waals surface area (Å²) in [7, 11) is 1.60. The minimum Gasteiger partial charge on any atom is -0.495 e. The second-order valence-corrected chi connectivity index (χ2v) is 5.06. The maximum atomic E-state index is 8.80. The van der Waals surface area contributed by atoms with Gasteiger partial charge in [0.2, 0.25) is 0 Å². The number of nitrogens with zero attached hydrogens (tertiary/aromatic N) is 2. The molecule has 2 aromatic carbocycles. The zero-order valence-electron chi connectivity index (χ0n) is 12.8. The third-order valence-electron chi connectivity index (χ3n) is 3.11. The van der Waals surface area contributed by atoms with E-state index < -0.39 is 0 Å². The fraction of sp³-hybridized carbons (Fsp3) is 0.118. The third-order valence-corrected chi connectivity index (χ3v) is 3.31. The summed E-state index contributed by atoms with van der Waals surface area (Å²) in [5, 5.41) is 16.4. The molecule has 0 aromatic heterocycles. The summed E-state index contributed by atoms with van der Waals surface area (Å²) in [5.41, 5.74) is 5.85. The van der Waals surface area contributed by atoms with Gasteiger partial charge in [0.1, 0.15) is 5.75 Å². The van der Waals surface area contributed by atoms with Gasteiger partial charge in [-0.15, -0.1) is 0 Å². The number of nitriles is 1. The molecule has 0 unspecified atom stereocenters. The molecule has 6 heteroatoms. The molecule has 23 heavy (non-hydrogen) atoms. The van der Waals surface area contributed by atoms with Crippen LogP contribution < -0.4 is 15.5 Å². The molecular formula is C17H16N4OS. The molecule has 2 rings (SSSR count). The first kappa shape index (κ1) is 16.5. The van der Waals surface area contributed by atoms with Gasteiger partial charge in [-0.05, 0) is 49.0 Å². The predicted molar refractivity (Wildman–Crippen MR) is 95.7 cm³/mol. The number of thiocarbonyl (C=S) groups is 1. The van der Waals surface area contributed by atoms with Crippen LogP contribution in [0.2, 0.25) is 0 Å². The molecule has 0 saturated heterocycles. The lowest BCUT2D eigenvalue weighted by Gasteiger charge is -2.11. The summed E-state index contributed by atoms with van der Waals surface area (Å²) >= 11 is 5.22. The molecule has 0 aliphatic rings. The molecule has 0 fully saturated rings. The molecule has 0 aliphatic carbocycles. The van der Waals surface area contributed by atoms with Crippen molar-refractivity contribution < 1.29 is 4.74 Å². The largest absolute Gasteiger partial charge is 0.495 e. The number of para-hydroxylation sites is 2. The van der Waals surface area contributed by atoms with Gasteiger partial charge in [-0.25, -0.2) is 0 Å². The van der Waals surface area contributed by atoms with Crippen LogP contribution in [0.25, 0.3) is 0 Å². The van der Waals surface area contributed by atoms with E-state index in [1.807, 2.05) is 43.3 Å². The second-order valence-electron chi connectivity index (χ2n) is 4.65. The zero-order valence-corrected chi connectivity index (χ0v) is 13.6. The van der Waals surface area contributed by atoms with Crippen molar-refractivity contribution in [3.05, 3.63) is 59.7 Å². The predicted octanol–water partition coefficient (Wildman–Crippen LogP) is 3.28. The van der Waals surface area contributed by atoms with Gasteiger partial charge < -0.3 is 10.1 Å². The molecule has 2 aromatic rings. The summed E-state index contributed by atoms with van der Waals surface area (Å²) < 4.78 is 5.25. The standard InChI is InChI=1S/C17H16N4OS/c1-12(14-9-7-13(11-18)8-10-14)20-21-17(23)19-15-5-3-4-6-16(15)22-2/h3-10H,1-2H3,(H2,19,21,23). The third kappa shape index (κ3) is 4.53. The minimum absolute atomic E-state index is 0.363. The van der Waals surface area contributed by atoms with Crippen molar-refractivity contribution in [1.82, 2.24) is 5.43 Å². The van der Waals surface area contributed by atoms with Crippen LogP contribution in [0, 0.1) is 11.3 Å². The van der Waals surface area contributed by atoms with Crippen LogP contribution in [0.15, 0.2) is 53.6 Å². The van der Waals surface area contributed by atoms with Gasteiger partial charge in [-0.1, -0.05) is 24.3 Å². The summed E-state index contributed by atoms with van der Waals surface area (Å²) in [6.07, 6.45) is 0. The Hall–Kier alpha value is -2.91. The van der Waals surface area contributed by atoms with E-state index in [1.165, 1.54) is 0 Å². The van der Waals surface area contributed by atoms with E-state index in [0.717, 1.165) is 17.0 Å². The maximum Gasteiger partial charge on any atom is 0.191 e. The van der Waals surface area contributed by atoms with Crippen LogP contribution in [-0.4, -0.2) is 17.9 Å². The van der Waals surface area contributed by atoms with Crippen LogP contribution in [0.4, 0.5) is 5.69 Å². The molecule has 0 aliphatic heterocycles. The maximum absolute atomic E-state index is 8.80. The number of hydrogen-bond donors (Lipinski definition) is 2. The second kappa shape index (κ2) is 7.92. The molecule has 0 heterocycles. The summed E-state index contributed by atoms with van der Waals surface area (Å²) in [5.74, 6) is 0.699. The monoisotopic (exact) mass is 324 g/mol. The minimum atomic E-state index is 0.363. The Balaban J connectivity index is 2.01. The molecule has 0 bridgehead atoms. The van der Waals surface area contributed by atoms with E-state index in [2.05, 4.69) is 21.9 Å². The average Bonchev–Trinajstić information content (AvgIpc) is 2.60. The van der Waals surface area contributed by atoms with Crippen molar-refractivity contribution in [2.75, 3.05) is 12.4 Å². The molecule has 0 saturated carbocycles. The van der Waals surface area contributed by atoms with Crippen LogP contribution in [-0.2, 0) is 0 Å². The SMILES string of the molecule is COc1ccccc1NC(=S)NN=C(C)c1ccc(C#N)cc1. The van der Waals surface area contributed by atoms with Crippen LogP contribution in [0.5, 0.6) is 5.75 Å². The Morgan fingerprint density at radius 1 is 1.17 bits per heavy atom. The molecule has 0 spiro atoms. The van der Waals surface area contributed by atoms with Gasteiger partial charge in [0, 0.05) is 0 Å². The van der Waals surface area contributed by atoms with E-state index >= 15 is 0 Å². The summed E-state index contributed by atoms with van der Waals surface area (Å²) in [6, 6.07) is 16.7. The van der Waals surface area contributed by atoms with Gasteiger partial charge in [-0.3, -0.25) is 5.43 Å². The highest BCUT2D eigenvalue weighted by molar-refractivity contribution is 7.80. The number of hydrazone groups is 1. The molecule has 5 nitrogen and oxygen atoms in total. The highest BCUT2D eigenvalue weighted by Gasteiger charge is 2.03. The molecule has 0 radical (unpaired) electrons. The zero-order chi connectivity index (χ0) is 16.7. The molecular weight excluding hydrogens is 308 g/mol. The van der Waals surface area contributed by atoms with Gasteiger partial charge in [0.25, 0.3) is 0 Å². The Bertz CT molecular complexity index is 763. The number of nitrogens with one attached hydrogen (secondary N) is 2. The van der Waals surface area contributed by atoms with Crippen molar-refractivity contribution in [3.8, 4) is 11.8 Å². The van der Waals surface area contributed by atoms with Crippen molar-refractivity contribution >= 4 is 28.7 Å². The first-order chi connectivity index (χ1) is 11.1. The normalized spacial score (nSPS) is 10.6. The number of anilines is 1. The Morgan fingerprint density at radius 3 is 2.52 bits per heavy atom. The van der Waals surface area contributed by atoms with Crippen molar-refractivity contribution in [1.29, 1.82) is 5.26 Å². The van der Waals surface area contributed by atoms with Gasteiger partial charge >= 0.3 is 0 Å². The lowest BCUT2D eigenvalue weighted by atomic mass is 10.1. The Morgan fingerprint density at radius 2 is 1.87 bits per heavy atom. The molecule has 0 amide bonds. The van der Waals surface area contributed by atoms with Crippen LogP contribution in [0.1, 0.15) is 18.1 Å². The topological polar surface area (TPSA) is 69.4 Å². The Kier molecular flexibility index (Phi) is 5.67. The van der Waals surface area contributed by atoms with Crippen molar-refractivity contribution in [2.45, 2.75) is 6.92 Å². The fourth-order valence-electron chi connectivity index (χ4n) is 1.88. The molecule has 2 N–H and O–H groups in total. The van der Waals surface area contributed by atoms with E-state index in [-0.39, 0.29) is 0 Å². The van der Waals surface area contributed by atoms with Crippen molar-refractivity contribution in [3.63, 3.8) is 0 Å². The fourth-order valence-corrected chi connectivity index (χ4v) is 2.04. The number of rotatable bonds is 4. The quantitative estimate of drug-likeness (QED) is 0.513. The number of methoxy groups -OCH3 is 1. The summed E-state index contributed by atoms with van der Waals surface area (Å²) in [4.78, 5) is 0. The van der Waals surface area contributed by atoms with Crippen LogP contribution in [0.3, 0.4) is 0 Å². The first-order valence-electron chi connectivity index (χ1n) is 6.89. The lowest BCUT2D eigenvalue weighted by molar-refractivity contribution is 0.417. The van der Waals surface area contributed by atoms with E-state index in [1.54, 1.807) is 19.2 Å². The van der Waals surface area contributed by atoms with Gasteiger partial charge in [-0.2, -0.15) is 10.4 Å². The Labute approximate surface area is 140 Å². The smallest absolute Gasteiger partial charge is 0.191 e. The average molecular weight is 324 g/mol. The summed E-state index contributed by atoms with van der Waals surface area (Å²) in [6.45, 7) is 1.86. The number of ether oxygens (including phenoxy) is 1. The number of hydrogen-bond acceptors (Lipinski definition) is 4. The van der Waals surface area contributed by atoms with Gasteiger partial charge in [0.05, 0.1) is 30.1 Å². The van der Waals surface area contributed by atoms with E-state index in [4.69, 9.17) is 22.2 Å². The lowest BCUT2D eigenvalue weighted by Crippen LogP contribution is -2.25.